The minimum atomic E-state index is -1.13. The van der Waals surface area contributed by atoms with Crippen molar-refractivity contribution in [1.29, 1.82) is 5.26 Å². The van der Waals surface area contributed by atoms with E-state index in [1.165, 1.54) is 12.1 Å². The van der Waals surface area contributed by atoms with Gasteiger partial charge in [-0.3, -0.25) is 5.10 Å². The summed E-state index contributed by atoms with van der Waals surface area (Å²) in [4.78, 5) is 14.7. The van der Waals surface area contributed by atoms with E-state index >= 15 is 0 Å². The molecule has 0 aromatic carbocycles. The van der Waals surface area contributed by atoms with E-state index in [1.807, 2.05) is 6.07 Å². The zero-order chi connectivity index (χ0) is 13.0. The average molecular weight is 240 g/mol. The lowest BCUT2D eigenvalue weighted by Crippen LogP contribution is -2.02. The first-order chi connectivity index (χ1) is 8.70. The van der Waals surface area contributed by atoms with Crippen LogP contribution >= 0.6 is 0 Å². The highest BCUT2D eigenvalue weighted by Crippen LogP contribution is 2.11. The topological polar surface area (TPSA) is 103 Å². The first-order valence-corrected chi connectivity index (χ1v) is 5.02. The molecule has 88 valence electrons. The molecule has 0 saturated heterocycles. The molecule has 18 heavy (non-hydrogen) atoms. The number of nitrogens with zero attached hydrogens (tertiary/aromatic N) is 3. The highest BCUT2D eigenvalue weighted by molar-refractivity contribution is 5.86. The summed E-state index contributed by atoms with van der Waals surface area (Å²) >= 11 is 0. The third kappa shape index (κ3) is 2.41. The van der Waals surface area contributed by atoms with Crippen molar-refractivity contribution in [3.63, 3.8) is 0 Å². The summed E-state index contributed by atoms with van der Waals surface area (Å²) in [6.07, 6.45) is 6.54. The number of rotatable bonds is 3. The predicted octanol–water partition coefficient (Wildman–Crippen LogP) is 1.54. The first-order valence-electron chi connectivity index (χ1n) is 5.02. The van der Waals surface area contributed by atoms with Crippen LogP contribution in [-0.4, -0.2) is 26.3 Å². The van der Waals surface area contributed by atoms with Crippen LogP contribution in [0.5, 0.6) is 0 Å². The normalized spacial score (nSPS) is 10.4. The number of carboxylic acid groups (broad SMARTS) is 1. The zero-order valence-corrected chi connectivity index (χ0v) is 9.16. The number of hydrogen-bond acceptors (Lipinski definition) is 4. The molecule has 0 aliphatic rings. The predicted molar refractivity (Wildman–Crippen MR) is 63.4 cm³/mol. The van der Waals surface area contributed by atoms with E-state index in [4.69, 9.17) is 10.4 Å². The summed E-state index contributed by atoms with van der Waals surface area (Å²) < 4.78 is 0. The van der Waals surface area contributed by atoms with Crippen LogP contribution in [0.1, 0.15) is 27.3 Å². The van der Waals surface area contributed by atoms with Crippen molar-refractivity contribution in [3.05, 3.63) is 47.0 Å². The number of nitrogens with one attached hydrogen (secondary N) is 1. The molecule has 2 aromatic rings. The number of aromatic nitrogens is 3. The van der Waals surface area contributed by atoms with Crippen molar-refractivity contribution >= 4 is 18.1 Å². The number of aromatic amines is 1. The van der Waals surface area contributed by atoms with Gasteiger partial charge in [0.2, 0.25) is 0 Å². The van der Waals surface area contributed by atoms with Gasteiger partial charge in [-0.25, -0.2) is 9.78 Å². The SMILES string of the molecule is N#Cc1ccc(C(=O)O)nc1/C=C/c1cn[nH]c1. The van der Waals surface area contributed by atoms with Crippen LogP contribution in [0.3, 0.4) is 0 Å². The number of nitriles is 1. The van der Waals surface area contributed by atoms with Crippen molar-refractivity contribution in [2.75, 3.05) is 0 Å². The summed E-state index contributed by atoms with van der Waals surface area (Å²) in [6.45, 7) is 0. The molecule has 0 fully saturated rings. The Hall–Kier alpha value is -2.94. The Balaban J connectivity index is 2.39. The molecule has 0 unspecified atom stereocenters. The number of carboxylic acids is 1. The molecule has 0 aliphatic carbocycles. The maximum absolute atomic E-state index is 10.8. The molecule has 0 atom stereocenters. The Bertz CT molecular complexity index is 639. The van der Waals surface area contributed by atoms with E-state index in [9.17, 15) is 4.79 Å². The van der Waals surface area contributed by atoms with Gasteiger partial charge in [-0.05, 0) is 24.3 Å². The molecule has 2 heterocycles. The number of aromatic carboxylic acids is 1. The van der Waals surface area contributed by atoms with Gasteiger partial charge >= 0.3 is 5.97 Å². The van der Waals surface area contributed by atoms with Crippen LogP contribution in [0.2, 0.25) is 0 Å². The molecule has 2 N–H and O–H groups in total. The van der Waals surface area contributed by atoms with Gasteiger partial charge in [-0.1, -0.05) is 0 Å². The summed E-state index contributed by atoms with van der Waals surface area (Å²) in [6, 6.07) is 4.70. The highest BCUT2D eigenvalue weighted by Gasteiger charge is 2.08. The molecular weight excluding hydrogens is 232 g/mol. The van der Waals surface area contributed by atoms with Crippen LogP contribution < -0.4 is 0 Å². The molecule has 2 aromatic heterocycles. The Morgan fingerprint density at radius 2 is 2.28 bits per heavy atom. The second-order valence-electron chi connectivity index (χ2n) is 3.41. The van der Waals surface area contributed by atoms with Crippen molar-refractivity contribution in [2.45, 2.75) is 0 Å². The molecule has 0 radical (unpaired) electrons. The van der Waals surface area contributed by atoms with Gasteiger partial charge in [0.05, 0.1) is 17.5 Å². The van der Waals surface area contributed by atoms with Crippen LogP contribution in [0.4, 0.5) is 0 Å². The Morgan fingerprint density at radius 1 is 1.44 bits per heavy atom. The van der Waals surface area contributed by atoms with Gasteiger partial charge in [0.1, 0.15) is 11.8 Å². The van der Waals surface area contributed by atoms with E-state index < -0.39 is 5.97 Å². The molecule has 2 rings (SSSR count). The quantitative estimate of drug-likeness (QED) is 0.847. The number of hydrogen-bond donors (Lipinski definition) is 2. The monoisotopic (exact) mass is 240 g/mol. The third-order valence-electron chi connectivity index (χ3n) is 2.22. The number of H-pyrrole nitrogens is 1. The first kappa shape index (κ1) is 11.5. The molecular formula is C12H8N4O2. The fourth-order valence-corrected chi connectivity index (χ4v) is 1.34. The van der Waals surface area contributed by atoms with Crippen LogP contribution in [-0.2, 0) is 0 Å². The van der Waals surface area contributed by atoms with Crippen LogP contribution in [0, 0.1) is 11.3 Å². The largest absolute Gasteiger partial charge is 0.477 e. The van der Waals surface area contributed by atoms with Crippen LogP contribution in [0.15, 0.2) is 24.5 Å². The maximum Gasteiger partial charge on any atom is 0.354 e. The second kappa shape index (κ2) is 4.93. The standard InChI is InChI=1S/C12H8N4O2/c13-5-9-2-4-11(12(17)18)16-10(9)3-1-8-6-14-15-7-8/h1-4,6-7H,(H,14,15)(H,17,18)/b3-1+. The lowest BCUT2D eigenvalue weighted by atomic mass is 10.1. The third-order valence-corrected chi connectivity index (χ3v) is 2.22. The van der Waals surface area contributed by atoms with Gasteiger partial charge in [0.25, 0.3) is 0 Å². The molecule has 0 aliphatic heterocycles. The minimum Gasteiger partial charge on any atom is -0.477 e. The van der Waals surface area contributed by atoms with Crippen molar-refractivity contribution in [1.82, 2.24) is 15.2 Å². The zero-order valence-electron chi connectivity index (χ0n) is 9.16. The van der Waals surface area contributed by atoms with E-state index in [1.54, 1.807) is 24.5 Å². The lowest BCUT2D eigenvalue weighted by Gasteiger charge is -1.99. The molecule has 0 saturated carbocycles. The smallest absolute Gasteiger partial charge is 0.354 e. The van der Waals surface area contributed by atoms with Gasteiger partial charge in [-0.15, -0.1) is 0 Å². The van der Waals surface area contributed by atoms with E-state index in [0.717, 1.165) is 5.56 Å². The Kier molecular flexibility index (Phi) is 3.16. The van der Waals surface area contributed by atoms with Crippen molar-refractivity contribution < 1.29 is 9.90 Å². The number of carbonyl (C=O) groups is 1. The maximum atomic E-state index is 10.8. The lowest BCUT2D eigenvalue weighted by molar-refractivity contribution is 0.0690. The molecule has 0 spiro atoms. The Morgan fingerprint density at radius 3 is 2.89 bits per heavy atom. The minimum absolute atomic E-state index is 0.0964. The van der Waals surface area contributed by atoms with E-state index in [-0.39, 0.29) is 5.69 Å². The molecule has 0 bridgehead atoms. The fourth-order valence-electron chi connectivity index (χ4n) is 1.34. The molecule has 6 nitrogen and oxygen atoms in total. The van der Waals surface area contributed by atoms with Crippen LogP contribution in [0.25, 0.3) is 12.2 Å². The Labute approximate surface area is 102 Å². The number of pyridine rings is 1. The van der Waals surface area contributed by atoms with E-state index in [2.05, 4.69) is 15.2 Å². The van der Waals surface area contributed by atoms with Gasteiger partial charge in [-0.2, -0.15) is 10.4 Å². The van der Waals surface area contributed by atoms with Gasteiger partial charge < -0.3 is 5.11 Å². The summed E-state index contributed by atoms with van der Waals surface area (Å²) in [5.41, 5.74) is 1.35. The van der Waals surface area contributed by atoms with Crippen molar-refractivity contribution in [2.24, 2.45) is 0 Å². The van der Waals surface area contributed by atoms with Gasteiger partial charge in [0, 0.05) is 11.8 Å². The molecule has 6 heteroatoms. The van der Waals surface area contributed by atoms with Crippen molar-refractivity contribution in [3.8, 4) is 6.07 Å². The summed E-state index contributed by atoms with van der Waals surface area (Å²) in [7, 11) is 0. The van der Waals surface area contributed by atoms with Gasteiger partial charge in [0.15, 0.2) is 0 Å². The average Bonchev–Trinajstić information content (AvgIpc) is 2.89. The fraction of sp³-hybridized carbons (Fsp3) is 0. The second-order valence-corrected chi connectivity index (χ2v) is 3.41. The highest BCUT2D eigenvalue weighted by atomic mass is 16.4. The van der Waals surface area contributed by atoms with E-state index in [0.29, 0.717) is 11.3 Å². The molecule has 0 amide bonds. The summed E-state index contributed by atoms with van der Waals surface area (Å²) in [5, 5.41) is 24.2. The summed E-state index contributed by atoms with van der Waals surface area (Å²) in [5.74, 6) is -1.13.